The number of fused-ring (bicyclic) bond motifs is 1. The van der Waals surface area contributed by atoms with Crippen molar-refractivity contribution in [1.29, 1.82) is 0 Å². The lowest BCUT2D eigenvalue weighted by molar-refractivity contribution is 0.0954. The Balaban J connectivity index is 0.00000145. The summed E-state index contributed by atoms with van der Waals surface area (Å²) in [6.07, 6.45) is 13.2. The zero-order valence-corrected chi connectivity index (χ0v) is 17.9. The van der Waals surface area contributed by atoms with Gasteiger partial charge in [-0.15, -0.1) is 0 Å². The van der Waals surface area contributed by atoms with Crippen molar-refractivity contribution in [3.8, 4) is 0 Å². The average Bonchev–Trinajstić information content (AvgIpc) is 3.08. The number of hydrogen-bond acceptors (Lipinski definition) is 3. The molecule has 29 heavy (non-hydrogen) atoms. The van der Waals surface area contributed by atoms with E-state index in [0.29, 0.717) is 29.1 Å². The van der Waals surface area contributed by atoms with Crippen LogP contribution < -0.4 is 11.1 Å². The third-order valence-corrected chi connectivity index (χ3v) is 4.57. The fraction of sp³-hybridized carbons (Fsp3) is 0.333. The fourth-order valence-corrected chi connectivity index (χ4v) is 2.98. The molecule has 0 atom stereocenters. The van der Waals surface area contributed by atoms with Crippen molar-refractivity contribution >= 4 is 22.6 Å². The number of rotatable bonds is 6. The molecule has 0 fully saturated rings. The van der Waals surface area contributed by atoms with Crippen LogP contribution in [0.5, 0.6) is 0 Å². The van der Waals surface area contributed by atoms with Gasteiger partial charge in [0.1, 0.15) is 5.52 Å². The van der Waals surface area contributed by atoms with Crippen molar-refractivity contribution in [2.45, 2.75) is 47.0 Å². The minimum Gasteiger partial charge on any atom is -0.396 e. The van der Waals surface area contributed by atoms with Crippen molar-refractivity contribution in [2.75, 3.05) is 6.54 Å². The number of imidazole rings is 1. The Hall–Kier alpha value is -3.08. The zero-order valence-electron chi connectivity index (χ0n) is 17.9. The van der Waals surface area contributed by atoms with Gasteiger partial charge >= 0.3 is 0 Å². The molecule has 0 bridgehead atoms. The third kappa shape index (κ3) is 5.70. The lowest BCUT2D eigenvalue weighted by Crippen LogP contribution is -2.24. The highest BCUT2D eigenvalue weighted by molar-refractivity contribution is 6.05. The number of para-hydroxylation sites is 1. The molecule has 0 radical (unpaired) electrons. The normalized spacial score (nSPS) is 13.9. The molecule has 1 aliphatic rings. The van der Waals surface area contributed by atoms with Gasteiger partial charge in [0.15, 0.2) is 5.82 Å². The van der Waals surface area contributed by atoms with Crippen molar-refractivity contribution in [3.05, 3.63) is 71.1 Å². The van der Waals surface area contributed by atoms with E-state index in [-0.39, 0.29) is 5.91 Å². The predicted octanol–water partition coefficient (Wildman–Crippen LogP) is 5.25. The summed E-state index contributed by atoms with van der Waals surface area (Å²) in [4.78, 5) is 20.3. The first-order chi connectivity index (χ1) is 14.1. The van der Waals surface area contributed by atoms with Crippen LogP contribution >= 0.6 is 0 Å². The van der Waals surface area contributed by atoms with E-state index in [0.717, 1.165) is 35.9 Å². The summed E-state index contributed by atoms with van der Waals surface area (Å²) in [5.41, 5.74) is 11.1. The van der Waals surface area contributed by atoms with E-state index >= 15 is 0 Å². The zero-order chi connectivity index (χ0) is 21.2. The summed E-state index contributed by atoms with van der Waals surface area (Å²) in [6, 6.07) is 5.55. The molecule has 0 saturated carbocycles. The Bertz CT molecular complexity index is 960. The minimum absolute atomic E-state index is 0.106. The summed E-state index contributed by atoms with van der Waals surface area (Å²) in [6.45, 7) is 8.82. The number of allylic oxidation sites excluding steroid dienone is 7. The smallest absolute Gasteiger partial charge is 0.253 e. The third-order valence-electron chi connectivity index (χ3n) is 4.57. The molecule has 0 aliphatic heterocycles. The maximum absolute atomic E-state index is 12.5. The van der Waals surface area contributed by atoms with Crippen molar-refractivity contribution in [2.24, 2.45) is 5.73 Å². The van der Waals surface area contributed by atoms with Gasteiger partial charge in [-0.05, 0) is 49.1 Å². The highest BCUT2D eigenvalue weighted by Gasteiger charge is 2.14. The van der Waals surface area contributed by atoms with Crippen LogP contribution in [0.3, 0.4) is 0 Å². The number of unbranched alkanes of at least 4 members (excludes halogenated alkanes) is 1. The first kappa shape index (κ1) is 22.2. The minimum atomic E-state index is -0.106. The molecule has 1 aromatic carbocycles. The van der Waals surface area contributed by atoms with Gasteiger partial charge < -0.3 is 16.0 Å². The lowest BCUT2D eigenvalue weighted by atomic mass is 10.1. The lowest BCUT2D eigenvalue weighted by Gasteiger charge is -2.04. The van der Waals surface area contributed by atoms with Crippen LogP contribution in [0.2, 0.25) is 0 Å². The maximum atomic E-state index is 12.5. The Kier molecular flexibility index (Phi) is 8.46. The van der Waals surface area contributed by atoms with E-state index < -0.39 is 0 Å². The highest BCUT2D eigenvalue weighted by Crippen LogP contribution is 2.22. The van der Waals surface area contributed by atoms with Crippen LogP contribution in [0.25, 0.3) is 16.7 Å². The number of carbonyl (C=O) groups is 1. The van der Waals surface area contributed by atoms with Gasteiger partial charge in [-0.1, -0.05) is 57.6 Å². The molecular weight excluding hydrogens is 360 g/mol. The van der Waals surface area contributed by atoms with E-state index in [4.69, 9.17) is 5.73 Å². The second kappa shape index (κ2) is 11.1. The number of amides is 1. The highest BCUT2D eigenvalue weighted by atomic mass is 16.1. The van der Waals surface area contributed by atoms with E-state index in [1.165, 1.54) is 0 Å². The molecule has 2 aromatic rings. The number of benzene rings is 1. The number of carbonyl (C=O) groups excluding carboxylic acids is 1. The number of aromatic nitrogens is 2. The molecule has 0 unspecified atom stereocenters. The molecule has 154 valence electrons. The van der Waals surface area contributed by atoms with Crippen LogP contribution in [0.1, 0.15) is 63.1 Å². The number of nitrogens with one attached hydrogen (secondary N) is 2. The summed E-state index contributed by atoms with van der Waals surface area (Å²) >= 11 is 0. The van der Waals surface area contributed by atoms with Gasteiger partial charge in [-0.2, -0.15) is 0 Å². The monoisotopic (exact) mass is 392 g/mol. The van der Waals surface area contributed by atoms with Crippen molar-refractivity contribution in [1.82, 2.24) is 15.3 Å². The Morgan fingerprint density at radius 2 is 2.14 bits per heavy atom. The predicted molar refractivity (Wildman–Crippen MR) is 122 cm³/mol. The molecule has 1 aliphatic carbocycles. The van der Waals surface area contributed by atoms with Gasteiger partial charge in [-0.25, -0.2) is 4.98 Å². The van der Waals surface area contributed by atoms with Crippen molar-refractivity contribution in [3.63, 3.8) is 0 Å². The van der Waals surface area contributed by atoms with Crippen LogP contribution in [0.4, 0.5) is 0 Å². The molecule has 5 nitrogen and oxygen atoms in total. The van der Waals surface area contributed by atoms with Gasteiger partial charge in [0.05, 0.1) is 16.8 Å². The molecule has 5 heteroatoms. The van der Waals surface area contributed by atoms with Crippen molar-refractivity contribution < 1.29 is 4.79 Å². The average molecular weight is 393 g/mol. The SMILES string of the molecule is CC.CCCCNC(=O)c1cccc2[nH]c(/C(N)=C/C3=CCC=CC=C3C)nc12. The van der Waals surface area contributed by atoms with Gasteiger partial charge in [0.25, 0.3) is 5.91 Å². The number of H-pyrrole nitrogens is 1. The fourth-order valence-electron chi connectivity index (χ4n) is 2.98. The molecular formula is C24H32N4O. The second-order valence-corrected chi connectivity index (χ2v) is 6.67. The van der Waals surface area contributed by atoms with Gasteiger partial charge in [0.2, 0.25) is 0 Å². The van der Waals surface area contributed by atoms with E-state index in [9.17, 15) is 4.79 Å². The molecule has 4 N–H and O–H groups in total. The Labute approximate surface area is 173 Å². The molecule has 1 heterocycles. The number of nitrogens with zero attached hydrogens (tertiary/aromatic N) is 1. The number of nitrogens with two attached hydrogens (primary N) is 1. The van der Waals surface area contributed by atoms with E-state index in [2.05, 4.69) is 47.4 Å². The quantitative estimate of drug-likeness (QED) is 0.587. The number of aromatic amines is 1. The van der Waals surface area contributed by atoms with Crippen LogP contribution in [0.15, 0.2) is 59.7 Å². The summed E-state index contributed by atoms with van der Waals surface area (Å²) < 4.78 is 0. The first-order valence-electron chi connectivity index (χ1n) is 10.4. The second-order valence-electron chi connectivity index (χ2n) is 6.67. The molecule has 1 aromatic heterocycles. The molecule has 1 amide bonds. The molecule has 3 rings (SSSR count). The van der Waals surface area contributed by atoms with Crippen LogP contribution in [0, 0.1) is 0 Å². The van der Waals surface area contributed by atoms with Gasteiger partial charge in [0, 0.05) is 6.54 Å². The summed E-state index contributed by atoms with van der Waals surface area (Å²) in [5, 5.41) is 2.95. The number of hydrogen-bond donors (Lipinski definition) is 3. The summed E-state index contributed by atoms with van der Waals surface area (Å²) in [5.74, 6) is 0.468. The Morgan fingerprint density at radius 1 is 1.34 bits per heavy atom. The standard InChI is InChI=1S/C22H26N4O.C2H6/c1-3-4-13-24-22(27)17-11-8-12-19-20(17)26-21(25-19)18(23)14-16-10-7-5-6-9-15(16)2;1-2/h5-6,8-12,14H,3-4,7,13,23H2,1-2H3,(H,24,27)(H,25,26);1-2H3/b18-14-;. The Morgan fingerprint density at radius 3 is 2.90 bits per heavy atom. The molecule has 0 saturated heterocycles. The van der Waals surface area contributed by atoms with Crippen LogP contribution in [-0.4, -0.2) is 22.4 Å². The van der Waals surface area contributed by atoms with E-state index in [1.807, 2.05) is 38.1 Å². The largest absolute Gasteiger partial charge is 0.396 e. The van der Waals surface area contributed by atoms with Crippen LogP contribution in [-0.2, 0) is 0 Å². The maximum Gasteiger partial charge on any atom is 0.253 e. The molecule has 0 spiro atoms. The topological polar surface area (TPSA) is 83.8 Å². The van der Waals surface area contributed by atoms with Gasteiger partial charge in [-0.3, -0.25) is 4.79 Å². The summed E-state index contributed by atoms with van der Waals surface area (Å²) in [7, 11) is 0. The first-order valence-corrected chi connectivity index (χ1v) is 10.4. The van der Waals surface area contributed by atoms with E-state index in [1.54, 1.807) is 6.07 Å².